The number of rotatable bonds is 5. The largest absolute Gasteiger partial charge is 0.354 e. The van der Waals surface area contributed by atoms with Crippen molar-refractivity contribution in [2.75, 3.05) is 20.1 Å². The standard InChI is InChI=1S/C17H27N7O/c1-12(2)16-20-19-15(22(16)4)11-23-8-5-6-13(10-23)24-9-7-14(21-24)17(25)18-3/h7,9,12-13H,5-6,8,10-11H2,1-4H3,(H,18,25)/t13-/m1/s1. The highest BCUT2D eigenvalue weighted by Gasteiger charge is 2.24. The van der Waals surface area contributed by atoms with Crippen molar-refractivity contribution < 1.29 is 4.79 Å². The maximum Gasteiger partial charge on any atom is 0.271 e. The summed E-state index contributed by atoms with van der Waals surface area (Å²) >= 11 is 0. The molecule has 1 aliphatic heterocycles. The normalized spacial score (nSPS) is 18.7. The zero-order chi connectivity index (χ0) is 18.0. The van der Waals surface area contributed by atoms with E-state index >= 15 is 0 Å². The molecule has 2 aromatic heterocycles. The van der Waals surface area contributed by atoms with Gasteiger partial charge in [-0.2, -0.15) is 5.10 Å². The van der Waals surface area contributed by atoms with Gasteiger partial charge in [-0.3, -0.25) is 14.4 Å². The first-order valence-electron chi connectivity index (χ1n) is 8.87. The van der Waals surface area contributed by atoms with Gasteiger partial charge in [-0.25, -0.2) is 0 Å². The lowest BCUT2D eigenvalue weighted by Gasteiger charge is -2.32. The molecule has 0 radical (unpaired) electrons. The van der Waals surface area contributed by atoms with Gasteiger partial charge in [-0.1, -0.05) is 13.8 Å². The molecule has 136 valence electrons. The predicted molar refractivity (Wildman–Crippen MR) is 94.3 cm³/mol. The Labute approximate surface area is 148 Å². The van der Waals surface area contributed by atoms with Crippen molar-refractivity contribution in [1.82, 2.24) is 34.8 Å². The van der Waals surface area contributed by atoms with Crippen LogP contribution in [0.1, 0.15) is 60.8 Å². The second kappa shape index (κ2) is 7.35. The van der Waals surface area contributed by atoms with Gasteiger partial charge in [0.1, 0.15) is 17.3 Å². The third kappa shape index (κ3) is 3.73. The van der Waals surface area contributed by atoms with Gasteiger partial charge in [-0.15, -0.1) is 10.2 Å². The number of hydrogen-bond donors (Lipinski definition) is 1. The summed E-state index contributed by atoms with van der Waals surface area (Å²) in [5, 5.41) is 15.7. The molecule has 0 unspecified atom stereocenters. The lowest BCUT2D eigenvalue weighted by atomic mass is 10.1. The first-order chi connectivity index (χ1) is 12.0. The molecule has 0 spiro atoms. The fraction of sp³-hybridized carbons (Fsp3) is 0.647. The number of carbonyl (C=O) groups is 1. The molecule has 3 rings (SSSR count). The summed E-state index contributed by atoms with van der Waals surface area (Å²) < 4.78 is 4.03. The third-order valence-electron chi connectivity index (χ3n) is 4.80. The summed E-state index contributed by atoms with van der Waals surface area (Å²) in [4.78, 5) is 14.1. The van der Waals surface area contributed by atoms with Gasteiger partial charge >= 0.3 is 0 Å². The van der Waals surface area contributed by atoms with Crippen molar-refractivity contribution in [3.05, 3.63) is 29.6 Å². The highest BCUT2D eigenvalue weighted by Crippen LogP contribution is 2.23. The maximum absolute atomic E-state index is 11.7. The van der Waals surface area contributed by atoms with Crippen LogP contribution in [0.3, 0.4) is 0 Å². The van der Waals surface area contributed by atoms with Crippen LogP contribution in [-0.4, -0.2) is 55.5 Å². The molecular weight excluding hydrogens is 318 g/mol. The molecule has 0 bridgehead atoms. The van der Waals surface area contributed by atoms with E-state index in [9.17, 15) is 4.79 Å². The number of aromatic nitrogens is 5. The number of likely N-dealkylation sites (tertiary alicyclic amines) is 1. The minimum atomic E-state index is -0.147. The van der Waals surface area contributed by atoms with Crippen LogP contribution in [0.15, 0.2) is 12.3 Å². The monoisotopic (exact) mass is 345 g/mol. The van der Waals surface area contributed by atoms with Crippen LogP contribution in [0.2, 0.25) is 0 Å². The first kappa shape index (κ1) is 17.6. The van der Waals surface area contributed by atoms with Crippen molar-refractivity contribution in [2.24, 2.45) is 7.05 Å². The fourth-order valence-electron chi connectivity index (χ4n) is 3.40. The Hall–Kier alpha value is -2.22. The second-order valence-corrected chi connectivity index (χ2v) is 6.98. The minimum absolute atomic E-state index is 0.147. The zero-order valence-electron chi connectivity index (χ0n) is 15.4. The second-order valence-electron chi connectivity index (χ2n) is 6.98. The lowest BCUT2D eigenvalue weighted by molar-refractivity contribution is 0.0955. The SMILES string of the molecule is CNC(=O)c1ccn([C@@H]2CCCN(Cc3nnc(C(C)C)n3C)C2)n1. The first-order valence-corrected chi connectivity index (χ1v) is 8.87. The van der Waals surface area contributed by atoms with Crippen molar-refractivity contribution in [1.29, 1.82) is 0 Å². The zero-order valence-corrected chi connectivity index (χ0v) is 15.4. The number of nitrogens with one attached hydrogen (secondary N) is 1. The molecule has 2 aromatic rings. The van der Waals surface area contributed by atoms with Gasteiger partial charge in [-0.05, 0) is 25.5 Å². The molecule has 1 saturated heterocycles. The van der Waals surface area contributed by atoms with Crippen molar-refractivity contribution in [2.45, 2.75) is 45.2 Å². The van der Waals surface area contributed by atoms with E-state index in [4.69, 9.17) is 0 Å². The van der Waals surface area contributed by atoms with Gasteiger partial charge in [0.05, 0.1) is 12.6 Å². The molecule has 0 saturated carbocycles. The van der Waals surface area contributed by atoms with Gasteiger partial charge in [0, 0.05) is 32.8 Å². The highest BCUT2D eigenvalue weighted by atomic mass is 16.1. The number of amides is 1. The summed E-state index contributed by atoms with van der Waals surface area (Å²) in [5.74, 6) is 2.24. The van der Waals surface area contributed by atoms with Gasteiger partial charge < -0.3 is 9.88 Å². The van der Waals surface area contributed by atoms with Crippen LogP contribution in [0.25, 0.3) is 0 Å². The Morgan fingerprint density at radius 3 is 2.88 bits per heavy atom. The number of piperidine rings is 1. The van der Waals surface area contributed by atoms with Gasteiger partial charge in [0.15, 0.2) is 0 Å². The summed E-state index contributed by atoms with van der Waals surface area (Å²) in [5.41, 5.74) is 0.467. The van der Waals surface area contributed by atoms with Gasteiger partial charge in [0.2, 0.25) is 0 Å². The van der Waals surface area contributed by atoms with E-state index in [2.05, 4.69) is 43.9 Å². The molecule has 1 aliphatic rings. The molecular formula is C17H27N7O. The molecule has 25 heavy (non-hydrogen) atoms. The Balaban J connectivity index is 1.67. The van der Waals surface area contributed by atoms with E-state index in [1.807, 2.05) is 17.9 Å². The number of hydrogen-bond acceptors (Lipinski definition) is 5. The molecule has 3 heterocycles. The fourth-order valence-corrected chi connectivity index (χ4v) is 3.40. The van der Waals surface area contributed by atoms with Gasteiger partial charge in [0.25, 0.3) is 5.91 Å². The molecule has 1 fully saturated rings. The van der Waals surface area contributed by atoms with Crippen LogP contribution in [0.4, 0.5) is 0 Å². The molecule has 8 heteroatoms. The van der Waals surface area contributed by atoms with E-state index in [1.165, 1.54) is 0 Å². The Bertz CT molecular complexity index is 733. The summed E-state index contributed by atoms with van der Waals surface area (Å²) in [6, 6.07) is 2.06. The summed E-state index contributed by atoms with van der Waals surface area (Å²) in [6.07, 6.45) is 4.08. The highest BCUT2D eigenvalue weighted by molar-refractivity contribution is 5.91. The van der Waals surface area contributed by atoms with Crippen LogP contribution >= 0.6 is 0 Å². The average molecular weight is 345 g/mol. The Kier molecular flexibility index (Phi) is 5.17. The average Bonchev–Trinajstić information content (AvgIpc) is 3.22. The van der Waals surface area contributed by atoms with E-state index in [1.54, 1.807) is 13.1 Å². The smallest absolute Gasteiger partial charge is 0.271 e. The maximum atomic E-state index is 11.7. The molecule has 1 amide bonds. The number of nitrogens with zero attached hydrogens (tertiary/aromatic N) is 6. The molecule has 8 nitrogen and oxygen atoms in total. The van der Waals surface area contributed by atoms with Crippen molar-refractivity contribution >= 4 is 5.91 Å². The molecule has 1 N–H and O–H groups in total. The topological polar surface area (TPSA) is 80.9 Å². The summed E-state index contributed by atoms with van der Waals surface area (Å²) in [6.45, 7) is 7.00. The predicted octanol–water partition coefficient (Wildman–Crippen LogP) is 1.33. The van der Waals surface area contributed by atoms with E-state index in [0.717, 1.165) is 44.1 Å². The van der Waals surface area contributed by atoms with E-state index < -0.39 is 0 Å². The third-order valence-corrected chi connectivity index (χ3v) is 4.80. The van der Waals surface area contributed by atoms with Crippen LogP contribution in [0, 0.1) is 0 Å². The van der Waals surface area contributed by atoms with E-state index in [0.29, 0.717) is 11.6 Å². The Morgan fingerprint density at radius 1 is 1.40 bits per heavy atom. The van der Waals surface area contributed by atoms with Crippen molar-refractivity contribution in [3.8, 4) is 0 Å². The molecule has 0 aromatic carbocycles. The Morgan fingerprint density at radius 2 is 2.20 bits per heavy atom. The molecule has 0 aliphatic carbocycles. The quantitative estimate of drug-likeness (QED) is 0.884. The van der Waals surface area contributed by atoms with Crippen molar-refractivity contribution in [3.63, 3.8) is 0 Å². The van der Waals surface area contributed by atoms with Crippen LogP contribution in [-0.2, 0) is 13.6 Å². The van der Waals surface area contributed by atoms with Crippen LogP contribution in [0.5, 0.6) is 0 Å². The van der Waals surface area contributed by atoms with E-state index in [-0.39, 0.29) is 11.9 Å². The number of carbonyl (C=O) groups excluding carboxylic acids is 1. The minimum Gasteiger partial charge on any atom is -0.354 e. The lowest BCUT2D eigenvalue weighted by Crippen LogP contribution is -2.37. The molecule has 1 atom stereocenters. The van der Waals surface area contributed by atoms with Crippen LogP contribution < -0.4 is 5.32 Å². The summed E-state index contributed by atoms with van der Waals surface area (Å²) in [7, 11) is 3.66.